The Balaban J connectivity index is 1.50. The van der Waals surface area contributed by atoms with Gasteiger partial charge in [-0.25, -0.2) is 4.98 Å². The standard InChI is InChI=1S/C26H28N4OS/c1-14-11-21(17-7-5-6-8-20(17)28-14)29-24(31)23-22(27)18-13-15-12-16(26(2,3)4)9-10-19(15)30-25(18)32-23/h5-8,11,13,16H,9-10,12,27H2,1-4H3,(H,28,29,31). The molecular weight excluding hydrogens is 416 g/mol. The molecule has 1 amide bonds. The number of carbonyl (C=O) groups is 1. The van der Waals surface area contributed by atoms with Crippen LogP contribution >= 0.6 is 11.3 Å². The summed E-state index contributed by atoms with van der Waals surface area (Å²) in [6.07, 6.45) is 3.15. The predicted octanol–water partition coefficient (Wildman–Crippen LogP) is 6.14. The maximum atomic E-state index is 13.2. The van der Waals surface area contributed by atoms with Crippen molar-refractivity contribution in [2.45, 2.75) is 47.0 Å². The molecule has 5 nitrogen and oxygen atoms in total. The van der Waals surface area contributed by atoms with Gasteiger partial charge in [0.1, 0.15) is 9.71 Å². The first-order valence-electron chi connectivity index (χ1n) is 11.1. The fraction of sp³-hybridized carbons (Fsp3) is 0.346. The number of amides is 1. The van der Waals surface area contributed by atoms with Gasteiger partial charge in [-0.3, -0.25) is 9.78 Å². The van der Waals surface area contributed by atoms with Crippen molar-refractivity contribution < 1.29 is 4.79 Å². The molecule has 0 saturated carbocycles. The van der Waals surface area contributed by atoms with Crippen LogP contribution < -0.4 is 11.1 Å². The number of anilines is 2. The Labute approximate surface area is 192 Å². The van der Waals surface area contributed by atoms with E-state index in [0.717, 1.165) is 57.5 Å². The topological polar surface area (TPSA) is 80.9 Å². The molecule has 4 aromatic rings. The summed E-state index contributed by atoms with van der Waals surface area (Å²) in [7, 11) is 0. The minimum absolute atomic E-state index is 0.202. The van der Waals surface area contributed by atoms with Crippen molar-refractivity contribution in [2.24, 2.45) is 11.3 Å². The highest BCUT2D eigenvalue weighted by molar-refractivity contribution is 7.21. The van der Waals surface area contributed by atoms with Crippen molar-refractivity contribution in [2.75, 3.05) is 11.1 Å². The minimum atomic E-state index is -0.202. The molecule has 5 rings (SSSR count). The third-order valence-corrected chi connectivity index (χ3v) is 7.72. The smallest absolute Gasteiger partial charge is 0.267 e. The van der Waals surface area contributed by atoms with Crippen LogP contribution in [0.15, 0.2) is 36.4 Å². The molecule has 1 aliphatic rings. The number of benzene rings is 1. The third kappa shape index (κ3) is 3.62. The van der Waals surface area contributed by atoms with Crippen LogP contribution in [0, 0.1) is 18.3 Å². The largest absolute Gasteiger partial charge is 0.397 e. The number of nitrogen functional groups attached to an aromatic ring is 1. The molecule has 3 heterocycles. The highest BCUT2D eigenvalue weighted by Gasteiger charge is 2.30. The number of hydrogen-bond donors (Lipinski definition) is 2. The summed E-state index contributed by atoms with van der Waals surface area (Å²) < 4.78 is 0. The van der Waals surface area contributed by atoms with Gasteiger partial charge in [-0.2, -0.15) is 0 Å². The van der Waals surface area contributed by atoms with E-state index in [0.29, 0.717) is 16.5 Å². The normalized spacial score (nSPS) is 16.3. The molecule has 3 aromatic heterocycles. The van der Waals surface area contributed by atoms with Gasteiger partial charge in [0.2, 0.25) is 0 Å². The number of para-hydroxylation sites is 1. The van der Waals surface area contributed by atoms with Gasteiger partial charge in [0.25, 0.3) is 5.91 Å². The number of aryl methyl sites for hydroxylation is 2. The fourth-order valence-corrected chi connectivity index (χ4v) is 5.68. The second kappa shape index (κ2) is 7.55. The van der Waals surface area contributed by atoms with Gasteiger partial charge >= 0.3 is 0 Å². The van der Waals surface area contributed by atoms with Crippen LogP contribution in [-0.2, 0) is 12.8 Å². The number of hydrogen-bond acceptors (Lipinski definition) is 5. The number of thiophene rings is 1. The Morgan fingerprint density at radius 2 is 1.94 bits per heavy atom. The molecule has 1 unspecified atom stereocenters. The quantitative estimate of drug-likeness (QED) is 0.389. The average Bonchev–Trinajstić information content (AvgIpc) is 3.06. The Morgan fingerprint density at radius 1 is 1.16 bits per heavy atom. The van der Waals surface area contributed by atoms with Crippen molar-refractivity contribution in [1.29, 1.82) is 0 Å². The lowest BCUT2D eigenvalue weighted by molar-refractivity contribution is 0.103. The van der Waals surface area contributed by atoms with Crippen LogP contribution in [0.3, 0.4) is 0 Å². The van der Waals surface area contributed by atoms with Gasteiger partial charge in [-0.1, -0.05) is 39.0 Å². The van der Waals surface area contributed by atoms with Gasteiger partial charge in [0.05, 0.1) is 16.9 Å². The molecule has 0 bridgehead atoms. The zero-order valence-corrected chi connectivity index (χ0v) is 19.8. The first kappa shape index (κ1) is 20.9. The van der Waals surface area contributed by atoms with Crippen LogP contribution in [0.5, 0.6) is 0 Å². The summed E-state index contributed by atoms with van der Waals surface area (Å²) in [5.74, 6) is 0.423. The number of nitrogens with two attached hydrogens (primary N) is 1. The molecular formula is C26H28N4OS. The fourth-order valence-electron chi connectivity index (χ4n) is 4.69. The van der Waals surface area contributed by atoms with Gasteiger partial charge in [0.15, 0.2) is 0 Å². The Bertz CT molecular complexity index is 1370. The van der Waals surface area contributed by atoms with E-state index in [-0.39, 0.29) is 11.3 Å². The van der Waals surface area contributed by atoms with Crippen molar-refractivity contribution in [3.63, 3.8) is 0 Å². The molecule has 1 aliphatic carbocycles. The second-order valence-electron chi connectivity index (χ2n) is 9.88. The molecule has 0 saturated heterocycles. The Morgan fingerprint density at radius 3 is 2.72 bits per heavy atom. The summed E-state index contributed by atoms with van der Waals surface area (Å²) in [5.41, 5.74) is 12.2. The molecule has 1 atom stereocenters. The summed E-state index contributed by atoms with van der Waals surface area (Å²) in [6.45, 7) is 8.84. The number of nitrogens with one attached hydrogen (secondary N) is 1. The number of nitrogens with zero attached hydrogens (tertiary/aromatic N) is 2. The molecule has 6 heteroatoms. The van der Waals surface area contributed by atoms with Crippen LogP contribution in [-0.4, -0.2) is 15.9 Å². The van der Waals surface area contributed by atoms with Crippen LogP contribution in [0.4, 0.5) is 11.4 Å². The van der Waals surface area contributed by atoms with Crippen molar-refractivity contribution in [3.05, 3.63) is 58.2 Å². The van der Waals surface area contributed by atoms with Gasteiger partial charge in [0, 0.05) is 22.2 Å². The van der Waals surface area contributed by atoms with E-state index >= 15 is 0 Å². The van der Waals surface area contributed by atoms with Gasteiger partial charge < -0.3 is 11.1 Å². The van der Waals surface area contributed by atoms with Crippen molar-refractivity contribution >= 4 is 49.7 Å². The first-order valence-corrected chi connectivity index (χ1v) is 11.9. The summed E-state index contributed by atoms with van der Waals surface area (Å²) in [6, 6.07) is 11.9. The lowest BCUT2D eigenvalue weighted by atomic mass is 9.71. The lowest BCUT2D eigenvalue weighted by Crippen LogP contribution is -2.27. The number of carbonyl (C=O) groups excluding carboxylic acids is 1. The minimum Gasteiger partial charge on any atom is -0.397 e. The number of pyridine rings is 2. The molecule has 0 radical (unpaired) electrons. The Hall–Kier alpha value is -2.99. The van der Waals surface area contributed by atoms with E-state index in [9.17, 15) is 4.79 Å². The van der Waals surface area contributed by atoms with E-state index in [1.807, 2.05) is 37.3 Å². The van der Waals surface area contributed by atoms with Crippen LogP contribution in [0.2, 0.25) is 0 Å². The monoisotopic (exact) mass is 444 g/mol. The lowest BCUT2D eigenvalue weighted by Gasteiger charge is -2.34. The summed E-state index contributed by atoms with van der Waals surface area (Å²) in [4.78, 5) is 24.1. The number of rotatable bonds is 2. The summed E-state index contributed by atoms with van der Waals surface area (Å²) in [5, 5.41) is 4.87. The highest BCUT2D eigenvalue weighted by atomic mass is 32.1. The molecule has 1 aromatic carbocycles. The van der Waals surface area contributed by atoms with E-state index < -0.39 is 0 Å². The van der Waals surface area contributed by atoms with Crippen LogP contribution in [0.25, 0.3) is 21.1 Å². The maximum absolute atomic E-state index is 13.2. The third-order valence-electron chi connectivity index (χ3n) is 6.61. The van der Waals surface area contributed by atoms with E-state index in [1.165, 1.54) is 16.9 Å². The molecule has 0 fully saturated rings. The van der Waals surface area contributed by atoms with Gasteiger partial charge in [-0.15, -0.1) is 11.3 Å². The predicted molar refractivity (Wildman–Crippen MR) is 133 cm³/mol. The van der Waals surface area contributed by atoms with E-state index in [4.69, 9.17) is 10.7 Å². The van der Waals surface area contributed by atoms with Gasteiger partial charge in [-0.05, 0) is 61.3 Å². The van der Waals surface area contributed by atoms with E-state index in [1.54, 1.807) is 0 Å². The molecule has 3 N–H and O–H groups in total. The molecule has 164 valence electrons. The number of aromatic nitrogens is 2. The summed E-state index contributed by atoms with van der Waals surface area (Å²) >= 11 is 1.38. The number of fused-ring (bicyclic) bond motifs is 3. The van der Waals surface area contributed by atoms with E-state index in [2.05, 4.69) is 37.1 Å². The SMILES string of the molecule is Cc1cc(NC(=O)c2sc3nc4c(cc3c2N)CC(C(C)(C)C)CC4)c2ccccc2n1. The zero-order chi connectivity index (χ0) is 22.6. The zero-order valence-electron chi connectivity index (χ0n) is 19.0. The van der Waals surface area contributed by atoms with Crippen LogP contribution in [0.1, 0.15) is 53.8 Å². The Kier molecular flexibility index (Phi) is 4.93. The van der Waals surface area contributed by atoms with Crippen molar-refractivity contribution in [1.82, 2.24) is 9.97 Å². The maximum Gasteiger partial charge on any atom is 0.267 e. The molecule has 32 heavy (non-hydrogen) atoms. The molecule has 0 spiro atoms. The first-order chi connectivity index (χ1) is 15.2. The highest BCUT2D eigenvalue weighted by Crippen LogP contribution is 2.40. The molecule has 0 aliphatic heterocycles. The average molecular weight is 445 g/mol. The second-order valence-corrected chi connectivity index (χ2v) is 10.9. The van der Waals surface area contributed by atoms with Crippen molar-refractivity contribution in [3.8, 4) is 0 Å².